The van der Waals surface area contributed by atoms with Crippen LogP contribution in [0.4, 0.5) is 0 Å². The van der Waals surface area contributed by atoms with Crippen molar-refractivity contribution in [1.29, 1.82) is 0 Å². The van der Waals surface area contributed by atoms with E-state index in [-0.39, 0.29) is 25.6 Å². The van der Waals surface area contributed by atoms with E-state index in [4.69, 9.17) is 23.6 Å². The van der Waals surface area contributed by atoms with Crippen LogP contribution in [-0.2, 0) is 27.9 Å². The summed E-state index contributed by atoms with van der Waals surface area (Å²) in [5.41, 5.74) is 0. The van der Waals surface area contributed by atoms with Gasteiger partial charge in [-0.05, 0) is 57.8 Å². The zero-order valence-corrected chi connectivity index (χ0v) is 43.6. The number of ether oxygens (including phenoxy) is 2. The Morgan fingerprint density at radius 2 is 0.864 bits per heavy atom. The lowest BCUT2D eigenvalue weighted by Gasteiger charge is -2.20. The van der Waals surface area contributed by atoms with E-state index in [1.54, 1.807) is 0 Å². The summed E-state index contributed by atoms with van der Waals surface area (Å²) in [7, 11) is -4.53. The molecule has 0 fully saturated rings. The summed E-state index contributed by atoms with van der Waals surface area (Å²) in [6, 6.07) is 0. The van der Waals surface area contributed by atoms with Crippen molar-refractivity contribution in [2.75, 3.05) is 33.0 Å². The fraction of sp³-hybridized carbons (Fsp3) is 0.804. The van der Waals surface area contributed by atoms with Crippen LogP contribution in [0.15, 0.2) is 60.8 Å². The molecule has 3 unspecified atom stereocenters. The molecule has 66 heavy (non-hydrogen) atoms. The van der Waals surface area contributed by atoms with Gasteiger partial charge in [-0.2, -0.15) is 0 Å². The van der Waals surface area contributed by atoms with E-state index in [9.17, 15) is 19.4 Å². The zero-order chi connectivity index (χ0) is 48.1. The lowest BCUT2D eigenvalue weighted by molar-refractivity contribution is -0.154. The van der Waals surface area contributed by atoms with Crippen molar-refractivity contribution in [3.05, 3.63) is 60.8 Å². The lowest BCUT2D eigenvalue weighted by atomic mass is 10.0. The van der Waals surface area contributed by atoms with Gasteiger partial charge in [0.2, 0.25) is 0 Å². The second-order valence-corrected chi connectivity index (χ2v) is 19.7. The average Bonchev–Trinajstić information content (AvgIpc) is 3.31. The third kappa shape index (κ3) is 51.5. The van der Waals surface area contributed by atoms with Gasteiger partial charge in [-0.25, -0.2) is 4.57 Å². The number of phosphoric acid groups is 1. The quantitative estimate of drug-likeness (QED) is 0.0236. The van der Waals surface area contributed by atoms with Crippen LogP contribution < -0.4 is 0 Å². The van der Waals surface area contributed by atoms with Gasteiger partial charge in [0, 0.05) is 13.0 Å². The number of rotatable bonds is 52. The number of allylic oxidation sites excluding steroid dienone is 10. The summed E-state index contributed by atoms with van der Waals surface area (Å²) in [6.45, 7) is 3.43. The summed E-state index contributed by atoms with van der Waals surface area (Å²) in [5.74, 6) is -0.382. The maximum atomic E-state index is 12.7. The largest absolute Gasteiger partial charge is 0.472 e. The molecule has 0 aliphatic rings. The normalized spacial score (nSPS) is 14.2. The van der Waals surface area contributed by atoms with Gasteiger partial charge >= 0.3 is 13.8 Å². The van der Waals surface area contributed by atoms with Gasteiger partial charge in [0.25, 0.3) is 0 Å². The number of hydrogen-bond acceptors (Lipinski definition) is 8. The topological polar surface area (TPSA) is 132 Å². The minimum atomic E-state index is -4.53. The highest BCUT2D eigenvalue weighted by atomic mass is 31.2. The number of carbonyl (C=O) groups excluding carboxylic acids is 1. The van der Waals surface area contributed by atoms with Crippen LogP contribution in [0, 0.1) is 0 Å². The first-order chi connectivity index (χ1) is 32.3. The molecule has 10 heteroatoms. The molecule has 0 aromatic rings. The average molecular weight is 951 g/mol. The standard InChI is InChI=1S/C56H103O9P/c1-3-5-7-9-11-13-15-17-19-21-23-25-26-27-29-31-33-35-37-39-41-43-45-47-49-62-52-55(53-64-66(60,61)63-51-54(58)50-57)65-56(59)48-46-44-42-40-38-36-34-32-30-28-24-22-20-18-16-14-12-10-8-6-4-2/h5,7,11,13,17,19,23,25,27,29,54-55,57-58H,3-4,6,8-10,12,14-16,18,20-22,24,26,28,30-53H2,1-2H3,(H,60,61)/b7-5-,13-11-,19-17-,25-23-,29-27-. The molecular weight excluding hydrogens is 848 g/mol. The summed E-state index contributed by atoms with van der Waals surface area (Å²) >= 11 is 0. The number of hydrogen-bond donors (Lipinski definition) is 3. The van der Waals surface area contributed by atoms with Crippen molar-refractivity contribution in [3.8, 4) is 0 Å². The molecule has 3 N–H and O–H groups in total. The Kier molecular flexibility index (Phi) is 51.1. The number of aliphatic hydroxyl groups excluding tert-OH is 2. The van der Waals surface area contributed by atoms with Crippen molar-refractivity contribution in [2.24, 2.45) is 0 Å². The summed E-state index contributed by atoms with van der Waals surface area (Å²) in [6.07, 6.45) is 63.3. The third-order valence-electron chi connectivity index (χ3n) is 11.7. The highest BCUT2D eigenvalue weighted by Crippen LogP contribution is 2.43. The predicted molar refractivity (Wildman–Crippen MR) is 279 cm³/mol. The number of carbonyl (C=O) groups is 1. The van der Waals surface area contributed by atoms with Gasteiger partial charge in [0.1, 0.15) is 12.2 Å². The Hall–Kier alpha value is -1.84. The molecule has 0 rings (SSSR count). The van der Waals surface area contributed by atoms with E-state index >= 15 is 0 Å². The molecule has 0 aromatic carbocycles. The Morgan fingerprint density at radius 3 is 1.30 bits per heavy atom. The van der Waals surface area contributed by atoms with Crippen molar-refractivity contribution >= 4 is 13.8 Å². The number of phosphoric ester groups is 1. The fourth-order valence-electron chi connectivity index (χ4n) is 7.62. The number of unbranched alkanes of at least 4 members (excludes halogenated alkanes) is 28. The van der Waals surface area contributed by atoms with Gasteiger partial charge in [0.15, 0.2) is 0 Å². The van der Waals surface area contributed by atoms with E-state index in [1.165, 1.54) is 148 Å². The van der Waals surface area contributed by atoms with E-state index in [0.717, 1.165) is 77.0 Å². The molecule has 0 saturated carbocycles. The van der Waals surface area contributed by atoms with Crippen molar-refractivity contribution < 1.29 is 43.0 Å². The van der Waals surface area contributed by atoms with Gasteiger partial charge in [-0.15, -0.1) is 0 Å². The SMILES string of the molecule is CC/C=C\C/C=C\C/C=C\C/C=C\C/C=C\CCCCCCCCCCOCC(COP(=O)(O)OCC(O)CO)OC(=O)CCCCCCCCCCCCCCCCCCCCCCC. The highest BCUT2D eigenvalue weighted by Gasteiger charge is 2.26. The van der Waals surface area contributed by atoms with Crippen LogP contribution >= 0.6 is 7.82 Å². The molecule has 386 valence electrons. The molecule has 3 atom stereocenters. The van der Waals surface area contributed by atoms with Crippen molar-refractivity contribution in [3.63, 3.8) is 0 Å². The molecule has 0 aromatic heterocycles. The molecule has 9 nitrogen and oxygen atoms in total. The molecule has 0 radical (unpaired) electrons. The van der Waals surface area contributed by atoms with Crippen LogP contribution in [0.25, 0.3) is 0 Å². The molecule has 0 spiro atoms. The Labute approximate surface area is 406 Å². The Morgan fingerprint density at radius 1 is 0.485 bits per heavy atom. The van der Waals surface area contributed by atoms with E-state index in [2.05, 4.69) is 74.6 Å². The van der Waals surface area contributed by atoms with Crippen LogP contribution in [-0.4, -0.2) is 66.3 Å². The first-order valence-corrected chi connectivity index (χ1v) is 28.8. The van der Waals surface area contributed by atoms with Crippen LogP contribution in [0.1, 0.15) is 245 Å². The van der Waals surface area contributed by atoms with Crippen LogP contribution in [0.5, 0.6) is 0 Å². The van der Waals surface area contributed by atoms with Gasteiger partial charge in [-0.1, -0.05) is 242 Å². The van der Waals surface area contributed by atoms with E-state index < -0.39 is 33.2 Å². The number of esters is 1. The molecule has 0 aliphatic carbocycles. The first-order valence-electron chi connectivity index (χ1n) is 27.3. The molecule has 0 bridgehead atoms. The number of aliphatic hydroxyl groups is 2. The second-order valence-electron chi connectivity index (χ2n) is 18.2. The van der Waals surface area contributed by atoms with Crippen molar-refractivity contribution in [1.82, 2.24) is 0 Å². The minimum absolute atomic E-state index is 0.0439. The lowest BCUT2D eigenvalue weighted by Crippen LogP contribution is -2.29. The zero-order valence-electron chi connectivity index (χ0n) is 42.7. The van der Waals surface area contributed by atoms with Gasteiger partial charge in [-0.3, -0.25) is 13.8 Å². The molecular formula is C56H103O9P. The summed E-state index contributed by atoms with van der Waals surface area (Å²) in [5, 5.41) is 18.4. The maximum Gasteiger partial charge on any atom is 0.472 e. The van der Waals surface area contributed by atoms with Gasteiger partial charge < -0.3 is 24.6 Å². The highest BCUT2D eigenvalue weighted by molar-refractivity contribution is 7.47. The van der Waals surface area contributed by atoms with Crippen molar-refractivity contribution in [2.45, 2.75) is 257 Å². The molecule has 0 saturated heterocycles. The maximum absolute atomic E-state index is 12.7. The third-order valence-corrected chi connectivity index (χ3v) is 12.7. The molecule has 0 aliphatic heterocycles. The smallest absolute Gasteiger partial charge is 0.457 e. The second kappa shape index (κ2) is 52.5. The van der Waals surface area contributed by atoms with Gasteiger partial charge in [0.05, 0.1) is 26.4 Å². The summed E-state index contributed by atoms with van der Waals surface area (Å²) < 4.78 is 33.6. The minimum Gasteiger partial charge on any atom is -0.457 e. The van der Waals surface area contributed by atoms with E-state index in [1.807, 2.05) is 0 Å². The summed E-state index contributed by atoms with van der Waals surface area (Å²) in [4.78, 5) is 22.7. The fourth-order valence-corrected chi connectivity index (χ4v) is 8.41. The molecule has 0 heterocycles. The van der Waals surface area contributed by atoms with Crippen LogP contribution in [0.3, 0.4) is 0 Å². The van der Waals surface area contributed by atoms with Crippen LogP contribution in [0.2, 0.25) is 0 Å². The van der Waals surface area contributed by atoms with E-state index in [0.29, 0.717) is 6.61 Å². The Bertz CT molecular complexity index is 1220. The molecule has 0 amide bonds. The first kappa shape index (κ1) is 64.2. The monoisotopic (exact) mass is 951 g/mol. The Balaban J connectivity index is 4.05. The predicted octanol–water partition coefficient (Wildman–Crippen LogP) is 16.3.